The predicted molar refractivity (Wildman–Crippen MR) is 141 cm³/mol. The number of anilines is 1. The van der Waals surface area contributed by atoms with E-state index >= 15 is 0 Å². The van der Waals surface area contributed by atoms with Crippen molar-refractivity contribution in [3.8, 4) is 5.75 Å². The highest BCUT2D eigenvalue weighted by atomic mass is 32.2. The molecule has 0 bridgehead atoms. The summed E-state index contributed by atoms with van der Waals surface area (Å²) in [6, 6.07) is 18.3. The molecule has 5 rings (SSSR count). The third-order valence-corrected chi connectivity index (χ3v) is 10.2. The van der Waals surface area contributed by atoms with E-state index in [9.17, 15) is 13.2 Å². The molecule has 0 aromatic heterocycles. The van der Waals surface area contributed by atoms with Gasteiger partial charge in [0.1, 0.15) is 4.91 Å². The second-order valence-corrected chi connectivity index (χ2v) is 12.1. The van der Waals surface area contributed by atoms with Crippen molar-refractivity contribution in [3.63, 3.8) is 0 Å². The Morgan fingerprint density at radius 3 is 2.49 bits per heavy atom. The molecule has 35 heavy (non-hydrogen) atoms. The average Bonchev–Trinajstić information content (AvgIpc) is 3.32. The molecule has 0 aliphatic carbocycles. The SMILES string of the molecule is CCN1C(=O)C(=C2Oc3c(ccc4ccccc34)N2C)SC1(OS(=O)(=O)c1ccc(C)cc1)SC. The number of carbonyl (C=O) groups excluding carboxylic acids is 1. The van der Waals surface area contributed by atoms with Crippen LogP contribution in [-0.4, -0.2) is 43.5 Å². The number of rotatable bonds is 5. The van der Waals surface area contributed by atoms with E-state index < -0.39 is 14.5 Å². The molecule has 3 aromatic carbocycles. The van der Waals surface area contributed by atoms with Crippen LogP contribution in [0.3, 0.4) is 0 Å². The van der Waals surface area contributed by atoms with E-state index in [2.05, 4.69) is 0 Å². The minimum Gasteiger partial charge on any atom is -0.437 e. The number of likely N-dealkylation sites (N-methyl/N-ethyl adjacent to an activating group) is 1. The standard InChI is InChI=1S/C25H24N2O5S3/c1-5-27-23(28)22(24-26(3)20-15-12-17-8-6-7-9-19(17)21(20)31-24)34-25(27,33-4)32-35(29,30)18-13-10-16(2)11-14-18/h6-15H,5H2,1-4H3. The molecule has 2 heterocycles. The lowest BCUT2D eigenvalue weighted by molar-refractivity contribution is -0.130. The molecule has 0 spiro atoms. The second-order valence-electron chi connectivity index (χ2n) is 8.16. The smallest absolute Gasteiger partial charge is 0.300 e. The number of ether oxygens (including phenoxy) is 1. The molecule has 2 aliphatic heterocycles. The van der Waals surface area contributed by atoms with Crippen LogP contribution in [-0.2, 0) is 19.1 Å². The van der Waals surface area contributed by atoms with Gasteiger partial charge in [0.05, 0.1) is 10.6 Å². The maximum absolute atomic E-state index is 13.6. The summed E-state index contributed by atoms with van der Waals surface area (Å²) in [5.41, 5.74) is 1.77. The van der Waals surface area contributed by atoms with Gasteiger partial charge in [0.2, 0.25) is 5.88 Å². The molecule has 1 amide bonds. The van der Waals surface area contributed by atoms with Crippen molar-refractivity contribution in [1.82, 2.24) is 4.90 Å². The van der Waals surface area contributed by atoms with E-state index in [0.29, 0.717) is 16.5 Å². The number of hydrogen-bond donors (Lipinski definition) is 0. The topological polar surface area (TPSA) is 76.2 Å². The highest BCUT2D eigenvalue weighted by Crippen LogP contribution is 2.55. The van der Waals surface area contributed by atoms with Crippen LogP contribution in [0.2, 0.25) is 0 Å². The zero-order chi connectivity index (χ0) is 25.0. The Balaban J connectivity index is 1.56. The van der Waals surface area contributed by atoms with E-state index in [1.807, 2.05) is 55.3 Å². The van der Waals surface area contributed by atoms with Gasteiger partial charge in [-0.05, 0) is 55.5 Å². The van der Waals surface area contributed by atoms with E-state index in [-0.39, 0.29) is 17.3 Å². The maximum Gasteiger partial charge on any atom is 0.300 e. The third kappa shape index (κ3) is 3.88. The summed E-state index contributed by atoms with van der Waals surface area (Å²) in [4.78, 5) is 17.2. The molecule has 1 unspecified atom stereocenters. The van der Waals surface area contributed by atoms with E-state index in [0.717, 1.165) is 45.5 Å². The fourth-order valence-corrected chi connectivity index (χ4v) is 8.10. The van der Waals surface area contributed by atoms with Gasteiger partial charge in [-0.2, -0.15) is 8.42 Å². The van der Waals surface area contributed by atoms with Crippen molar-refractivity contribution in [3.05, 3.63) is 77.0 Å². The molecule has 3 aromatic rings. The number of carbonyl (C=O) groups is 1. The van der Waals surface area contributed by atoms with Crippen molar-refractivity contribution >= 4 is 56.0 Å². The van der Waals surface area contributed by atoms with Gasteiger partial charge in [-0.25, -0.2) is 4.18 Å². The van der Waals surface area contributed by atoms with Gasteiger partial charge in [0.25, 0.3) is 10.3 Å². The van der Waals surface area contributed by atoms with Crippen molar-refractivity contribution in [2.75, 3.05) is 24.7 Å². The number of benzene rings is 3. The Morgan fingerprint density at radius 2 is 1.80 bits per heavy atom. The molecular weight excluding hydrogens is 504 g/mol. The van der Waals surface area contributed by atoms with Crippen molar-refractivity contribution in [1.29, 1.82) is 0 Å². The molecule has 2 aliphatic rings. The minimum absolute atomic E-state index is 0.0369. The van der Waals surface area contributed by atoms with Crippen molar-refractivity contribution < 1.29 is 22.1 Å². The molecule has 0 saturated carbocycles. The van der Waals surface area contributed by atoms with Crippen LogP contribution in [0.25, 0.3) is 10.8 Å². The first-order valence-corrected chi connectivity index (χ1v) is 14.4. The average molecular weight is 529 g/mol. The highest BCUT2D eigenvalue weighted by molar-refractivity contribution is 8.20. The molecular formula is C25H24N2O5S3. The van der Waals surface area contributed by atoms with Gasteiger partial charge < -0.3 is 9.64 Å². The summed E-state index contributed by atoms with van der Waals surface area (Å²) >= 11 is 2.20. The van der Waals surface area contributed by atoms with Crippen LogP contribution in [0.1, 0.15) is 12.5 Å². The Labute approximate surface area is 213 Å². The third-order valence-electron chi connectivity index (χ3n) is 6.02. The lowest BCUT2D eigenvalue weighted by Gasteiger charge is -2.33. The molecule has 0 N–H and O–H groups in total. The molecule has 1 atom stereocenters. The van der Waals surface area contributed by atoms with E-state index in [1.54, 1.807) is 25.3 Å². The van der Waals surface area contributed by atoms with Crippen molar-refractivity contribution in [2.45, 2.75) is 23.1 Å². The van der Waals surface area contributed by atoms with E-state index in [1.165, 1.54) is 17.0 Å². The summed E-state index contributed by atoms with van der Waals surface area (Å²) in [7, 11) is -2.32. The molecule has 182 valence electrons. The lowest BCUT2D eigenvalue weighted by Crippen LogP contribution is -2.44. The summed E-state index contributed by atoms with van der Waals surface area (Å²) in [5.74, 6) is 0.682. The Bertz CT molecular complexity index is 1470. The predicted octanol–water partition coefficient (Wildman–Crippen LogP) is 5.12. The van der Waals surface area contributed by atoms with Crippen LogP contribution in [0.15, 0.2) is 76.3 Å². The normalized spacial score (nSPS) is 22.1. The number of aryl methyl sites for hydroxylation is 1. The summed E-state index contributed by atoms with van der Waals surface area (Å²) in [5, 5.41) is 1.96. The van der Waals surface area contributed by atoms with Crippen molar-refractivity contribution in [2.24, 2.45) is 0 Å². The molecule has 10 heteroatoms. The summed E-state index contributed by atoms with van der Waals surface area (Å²) in [6.45, 7) is 3.93. The van der Waals surface area contributed by atoms with Gasteiger partial charge >= 0.3 is 10.1 Å². The minimum atomic E-state index is -4.15. The van der Waals surface area contributed by atoms with Crippen LogP contribution in [0.4, 0.5) is 5.69 Å². The maximum atomic E-state index is 13.6. The molecule has 1 fully saturated rings. The number of nitrogens with zero attached hydrogens (tertiary/aromatic N) is 2. The first-order valence-electron chi connectivity index (χ1n) is 11.0. The largest absolute Gasteiger partial charge is 0.437 e. The fourth-order valence-electron chi connectivity index (χ4n) is 4.16. The summed E-state index contributed by atoms with van der Waals surface area (Å²) in [6.07, 6.45) is 1.72. The van der Waals surface area contributed by atoms with Crippen LogP contribution in [0.5, 0.6) is 5.75 Å². The Hall–Kier alpha value is -2.66. The number of hydrogen-bond acceptors (Lipinski definition) is 8. The molecule has 0 radical (unpaired) electrons. The van der Waals surface area contributed by atoms with E-state index in [4.69, 9.17) is 8.92 Å². The molecule has 7 nitrogen and oxygen atoms in total. The van der Waals surface area contributed by atoms with Crippen LogP contribution >= 0.6 is 23.5 Å². The van der Waals surface area contributed by atoms with Gasteiger partial charge in [0, 0.05) is 19.0 Å². The second kappa shape index (κ2) is 8.77. The van der Waals surface area contributed by atoms with Gasteiger partial charge in [-0.1, -0.05) is 59.8 Å². The number of fused-ring (bicyclic) bond motifs is 3. The zero-order valence-corrected chi connectivity index (χ0v) is 22.1. The molecule has 1 saturated heterocycles. The fraction of sp³-hybridized carbons (Fsp3) is 0.240. The zero-order valence-electron chi connectivity index (χ0n) is 19.6. The van der Waals surface area contributed by atoms with Crippen LogP contribution < -0.4 is 9.64 Å². The van der Waals surface area contributed by atoms with Crippen LogP contribution in [0, 0.1) is 6.92 Å². The number of amides is 1. The highest BCUT2D eigenvalue weighted by Gasteiger charge is 2.55. The first kappa shape index (κ1) is 24.1. The lowest BCUT2D eigenvalue weighted by atomic mass is 10.1. The van der Waals surface area contributed by atoms with Gasteiger partial charge in [-0.15, -0.1) is 0 Å². The van der Waals surface area contributed by atoms with Gasteiger partial charge in [0.15, 0.2) is 5.75 Å². The first-order chi connectivity index (χ1) is 16.7. The summed E-state index contributed by atoms with van der Waals surface area (Å²) < 4.78 is 37.0. The monoisotopic (exact) mass is 528 g/mol. The Kier molecular flexibility index (Phi) is 6.03. The number of thioether (sulfide) groups is 2. The van der Waals surface area contributed by atoms with Gasteiger partial charge in [-0.3, -0.25) is 9.69 Å². The quantitative estimate of drug-likeness (QED) is 0.257. The Morgan fingerprint density at radius 1 is 1.09 bits per heavy atom.